The molecular formula is C24H26N2O3. The van der Waals surface area contributed by atoms with Crippen molar-refractivity contribution in [2.24, 2.45) is 0 Å². The first-order valence-corrected chi connectivity index (χ1v) is 9.62. The van der Waals surface area contributed by atoms with Gasteiger partial charge in [-0.15, -0.1) is 0 Å². The van der Waals surface area contributed by atoms with Gasteiger partial charge in [-0.3, -0.25) is 9.78 Å². The molecule has 150 valence electrons. The number of hydrogen-bond acceptors (Lipinski definition) is 4. The maximum absolute atomic E-state index is 13.4. The van der Waals surface area contributed by atoms with Gasteiger partial charge in [0.2, 0.25) is 0 Å². The average Bonchev–Trinajstić information content (AvgIpc) is 2.78. The van der Waals surface area contributed by atoms with Gasteiger partial charge in [-0.1, -0.05) is 37.3 Å². The molecule has 5 nitrogen and oxygen atoms in total. The first kappa shape index (κ1) is 20.4. The van der Waals surface area contributed by atoms with E-state index in [9.17, 15) is 4.79 Å². The number of amides is 1. The molecule has 0 N–H and O–H groups in total. The SMILES string of the molecule is CCc1ccc(CN(Cc2cccnc2)C(=O)c2ccc(OC)cc2OC)cc1. The Bertz CT molecular complexity index is 940. The zero-order chi connectivity index (χ0) is 20.6. The largest absolute Gasteiger partial charge is 0.497 e. The van der Waals surface area contributed by atoms with Crippen LogP contribution in [-0.2, 0) is 19.5 Å². The van der Waals surface area contributed by atoms with Gasteiger partial charge in [0.25, 0.3) is 5.91 Å². The monoisotopic (exact) mass is 390 g/mol. The third kappa shape index (κ3) is 5.13. The van der Waals surface area contributed by atoms with Crippen LogP contribution < -0.4 is 9.47 Å². The molecule has 0 atom stereocenters. The van der Waals surface area contributed by atoms with Crippen molar-refractivity contribution in [2.75, 3.05) is 14.2 Å². The van der Waals surface area contributed by atoms with Gasteiger partial charge in [0, 0.05) is 31.5 Å². The van der Waals surface area contributed by atoms with Crippen LogP contribution in [0.5, 0.6) is 11.5 Å². The summed E-state index contributed by atoms with van der Waals surface area (Å²) in [6.07, 6.45) is 4.50. The van der Waals surface area contributed by atoms with E-state index in [4.69, 9.17) is 9.47 Å². The molecule has 0 radical (unpaired) electrons. The highest BCUT2D eigenvalue weighted by Crippen LogP contribution is 2.27. The van der Waals surface area contributed by atoms with E-state index in [1.54, 1.807) is 44.8 Å². The minimum absolute atomic E-state index is 0.104. The Labute approximate surface area is 171 Å². The number of aromatic nitrogens is 1. The number of methoxy groups -OCH3 is 2. The molecule has 2 aromatic carbocycles. The minimum Gasteiger partial charge on any atom is -0.497 e. The second kappa shape index (κ2) is 9.73. The van der Waals surface area contributed by atoms with E-state index in [-0.39, 0.29) is 5.91 Å². The Kier molecular flexibility index (Phi) is 6.85. The Morgan fingerprint density at radius 2 is 1.66 bits per heavy atom. The minimum atomic E-state index is -0.104. The summed E-state index contributed by atoms with van der Waals surface area (Å²) in [6, 6.07) is 17.5. The maximum atomic E-state index is 13.4. The van der Waals surface area contributed by atoms with Crippen LogP contribution in [0.2, 0.25) is 0 Å². The molecule has 1 amide bonds. The predicted octanol–water partition coefficient (Wildman–Crippen LogP) is 4.50. The second-order valence-corrected chi connectivity index (χ2v) is 6.76. The van der Waals surface area contributed by atoms with Gasteiger partial charge in [-0.2, -0.15) is 0 Å². The highest BCUT2D eigenvalue weighted by Gasteiger charge is 2.21. The number of pyridine rings is 1. The lowest BCUT2D eigenvalue weighted by Crippen LogP contribution is -2.30. The van der Waals surface area contributed by atoms with Crippen molar-refractivity contribution in [3.8, 4) is 11.5 Å². The number of rotatable bonds is 8. The molecule has 1 heterocycles. The van der Waals surface area contributed by atoms with Crippen molar-refractivity contribution in [3.63, 3.8) is 0 Å². The molecule has 0 aliphatic carbocycles. The van der Waals surface area contributed by atoms with Crippen LogP contribution in [-0.4, -0.2) is 30.0 Å². The van der Waals surface area contributed by atoms with Crippen LogP contribution in [0.1, 0.15) is 34.0 Å². The van der Waals surface area contributed by atoms with Crippen LogP contribution in [0, 0.1) is 0 Å². The fourth-order valence-corrected chi connectivity index (χ4v) is 3.16. The third-order valence-electron chi connectivity index (χ3n) is 4.83. The molecular weight excluding hydrogens is 364 g/mol. The molecule has 0 unspecified atom stereocenters. The molecule has 1 aromatic heterocycles. The fraction of sp³-hybridized carbons (Fsp3) is 0.250. The predicted molar refractivity (Wildman–Crippen MR) is 113 cm³/mol. The third-order valence-corrected chi connectivity index (χ3v) is 4.83. The lowest BCUT2D eigenvalue weighted by atomic mass is 10.1. The molecule has 29 heavy (non-hydrogen) atoms. The molecule has 0 saturated carbocycles. The van der Waals surface area contributed by atoms with Gasteiger partial charge < -0.3 is 14.4 Å². The number of hydrogen-bond donors (Lipinski definition) is 0. The van der Waals surface area contributed by atoms with E-state index in [1.807, 2.05) is 17.0 Å². The molecule has 0 aliphatic heterocycles. The molecule has 0 spiro atoms. The highest BCUT2D eigenvalue weighted by molar-refractivity contribution is 5.97. The molecule has 0 aliphatic rings. The summed E-state index contributed by atoms with van der Waals surface area (Å²) in [4.78, 5) is 19.4. The molecule has 0 saturated heterocycles. The van der Waals surface area contributed by atoms with E-state index in [2.05, 4.69) is 36.2 Å². The topological polar surface area (TPSA) is 51.7 Å². The van der Waals surface area contributed by atoms with Gasteiger partial charge >= 0.3 is 0 Å². The Balaban J connectivity index is 1.91. The summed E-state index contributed by atoms with van der Waals surface area (Å²) in [6.45, 7) is 3.08. The van der Waals surface area contributed by atoms with Crippen molar-refractivity contribution in [1.82, 2.24) is 9.88 Å². The van der Waals surface area contributed by atoms with Gasteiger partial charge in [-0.05, 0) is 41.3 Å². The number of nitrogens with zero attached hydrogens (tertiary/aromatic N) is 2. The van der Waals surface area contributed by atoms with Crippen LogP contribution >= 0.6 is 0 Å². The second-order valence-electron chi connectivity index (χ2n) is 6.76. The lowest BCUT2D eigenvalue weighted by molar-refractivity contribution is 0.0726. The fourth-order valence-electron chi connectivity index (χ4n) is 3.16. The van der Waals surface area contributed by atoms with Crippen molar-refractivity contribution in [1.29, 1.82) is 0 Å². The van der Waals surface area contributed by atoms with Gasteiger partial charge in [0.05, 0.1) is 19.8 Å². The lowest BCUT2D eigenvalue weighted by Gasteiger charge is -2.24. The molecule has 3 rings (SSSR count). The zero-order valence-corrected chi connectivity index (χ0v) is 17.1. The normalized spacial score (nSPS) is 10.4. The number of ether oxygens (including phenoxy) is 2. The summed E-state index contributed by atoms with van der Waals surface area (Å²) < 4.78 is 10.7. The highest BCUT2D eigenvalue weighted by atomic mass is 16.5. The Morgan fingerprint density at radius 3 is 2.28 bits per heavy atom. The first-order valence-electron chi connectivity index (χ1n) is 9.62. The van der Waals surface area contributed by atoms with E-state index < -0.39 is 0 Å². The summed E-state index contributed by atoms with van der Waals surface area (Å²) in [7, 11) is 3.14. The van der Waals surface area contributed by atoms with Gasteiger partial charge in [0.15, 0.2) is 0 Å². The van der Waals surface area contributed by atoms with E-state index in [0.29, 0.717) is 30.2 Å². The van der Waals surface area contributed by atoms with E-state index in [0.717, 1.165) is 17.5 Å². The van der Waals surface area contributed by atoms with Crippen LogP contribution in [0.3, 0.4) is 0 Å². The average molecular weight is 390 g/mol. The standard InChI is InChI=1S/C24H26N2O3/c1-4-18-7-9-19(10-8-18)16-26(17-20-6-5-13-25-15-20)24(27)22-12-11-21(28-2)14-23(22)29-3/h5-15H,4,16-17H2,1-3H3. The Morgan fingerprint density at radius 1 is 0.931 bits per heavy atom. The first-order chi connectivity index (χ1) is 14.1. The summed E-state index contributed by atoms with van der Waals surface area (Å²) in [5.74, 6) is 1.03. The molecule has 0 bridgehead atoms. The van der Waals surface area contributed by atoms with Gasteiger partial charge in [0.1, 0.15) is 11.5 Å². The van der Waals surface area contributed by atoms with Crippen LogP contribution in [0.4, 0.5) is 0 Å². The quantitative estimate of drug-likeness (QED) is 0.568. The molecule has 3 aromatic rings. The summed E-state index contributed by atoms with van der Waals surface area (Å²) in [5.41, 5.74) is 3.82. The number of benzene rings is 2. The van der Waals surface area contributed by atoms with Crippen molar-refractivity contribution >= 4 is 5.91 Å². The van der Waals surface area contributed by atoms with Crippen LogP contribution in [0.25, 0.3) is 0 Å². The maximum Gasteiger partial charge on any atom is 0.258 e. The van der Waals surface area contributed by atoms with Crippen LogP contribution in [0.15, 0.2) is 67.0 Å². The summed E-state index contributed by atoms with van der Waals surface area (Å²) in [5, 5.41) is 0. The van der Waals surface area contributed by atoms with Crippen molar-refractivity contribution < 1.29 is 14.3 Å². The molecule has 0 fully saturated rings. The number of carbonyl (C=O) groups is 1. The summed E-state index contributed by atoms with van der Waals surface area (Å²) >= 11 is 0. The number of carbonyl (C=O) groups excluding carboxylic acids is 1. The number of aryl methyl sites for hydroxylation is 1. The van der Waals surface area contributed by atoms with Gasteiger partial charge in [-0.25, -0.2) is 0 Å². The Hall–Kier alpha value is -3.34. The molecule has 5 heteroatoms. The van der Waals surface area contributed by atoms with E-state index >= 15 is 0 Å². The van der Waals surface area contributed by atoms with Crippen molar-refractivity contribution in [2.45, 2.75) is 26.4 Å². The van der Waals surface area contributed by atoms with E-state index in [1.165, 1.54) is 5.56 Å². The zero-order valence-electron chi connectivity index (χ0n) is 17.1. The van der Waals surface area contributed by atoms with Crippen molar-refractivity contribution in [3.05, 3.63) is 89.2 Å². The smallest absolute Gasteiger partial charge is 0.258 e.